The summed E-state index contributed by atoms with van der Waals surface area (Å²) in [6, 6.07) is 7.90. The van der Waals surface area contributed by atoms with Crippen molar-refractivity contribution in [2.45, 2.75) is 36.6 Å². The van der Waals surface area contributed by atoms with Crippen molar-refractivity contribution in [1.29, 1.82) is 0 Å². The molecule has 0 bridgehead atoms. The Bertz CT molecular complexity index is 834. The van der Waals surface area contributed by atoms with E-state index in [9.17, 15) is 8.42 Å². The Morgan fingerprint density at radius 2 is 2.04 bits per heavy atom. The van der Waals surface area contributed by atoms with Crippen molar-refractivity contribution in [2.24, 2.45) is 13.0 Å². The average molecular weight is 400 g/mol. The van der Waals surface area contributed by atoms with E-state index in [1.807, 2.05) is 35.9 Å². The van der Waals surface area contributed by atoms with Crippen LogP contribution in [-0.4, -0.2) is 34.7 Å². The van der Waals surface area contributed by atoms with Crippen molar-refractivity contribution in [3.8, 4) is 0 Å². The van der Waals surface area contributed by atoms with Gasteiger partial charge in [0, 0.05) is 23.7 Å². The highest BCUT2D eigenvalue weighted by molar-refractivity contribution is 7.99. The smallest absolute Gasteiger partial charge is 0.191 e. The van der Waals surface area contributed by atoms with Crippen LogP contribution in [0.25, 0.3) is 0 Å². The minimum Gasteiger partial charge on any atom is -0.309 e. The Hall–Kier alpha value is -1.05. The SMILES string of the molecule is CCC(Sc1nnc(CC2CCS(=O)(=O)C2)n1C)c1ccc(Cl)cc1. The highest BCUT2D eigenvalue weighted by atomic mass is 35.5. The Morgan fingerprint density at radius 1 is 1.32 bits per heavy atom. The second-order valence-corrected chi connectivity index (χ2v) is 10.3. The molecule has 0 aliphatic carbocycles. The lowest BCUT2D eigenvalue weighted by Gasteiger charge is -2.15. The summed E-state index contributed by atoms with van der Waals surface area (Å²) >= 11 is 7.65. The van der Waals surface area contributed by atoms with Crippen molar-refractivity contribution < 1.29 is 8.42 Å². The van der Waals surface area contributed by atoms with Gasteiger partial charge in [-0.15, -0.1) is 10.2 Å². The summed E-state index contributed by atoms with van der Waals surface area (Å²) in [4.78, 5) is 0. The molecule has 8 heteroatoms. The molecule has 5 nitrogen and oxygen atoms in total. The van der Waals surface area contributed by atoms with Crippen LogP contribution < -0.4 is 0 Å². The number of hydrogen-bond acceptors (Lipinski definition) is 5. The Morgan fingerprint density at radius 3 is 2.64 bits per heavy atom. The molecule has 0 spiro atoms. The molecular formula is C17H22ClN3O2S2. The number of sulfone groups is 1. The maximum Gasteiger partial charge on any atom is 0.191 e. The van der Waals surface area contributed by atoms with Crippen LogP contribution in [0.2, 0.25) is 5.02 Å². The molecular weight excluding hydrogens is 378 g/mol. The second kappa shape index (κ2) is 7.68. The zero-order valence-corrected chi connectivity index (χ0v) is 16.7. The fourth-order valence-corrected chi connectivity index (χ4v) is 6.16. The molecule has 3 rings (SSSR count). The second-order valence-electron chi connectivity index (χ2n) is 6.50. The first-order chi connectivity index (χ1) is 11.9. The van der Waals surface area contributed by atoms with Crippen LogP contribution in [0.3, 0.4) is 0 Å². The van der Waals surface area contributed by atoms with Crippen LogP contribution in [0.4, 0.5) is 0 Å². The van der Waals surface area contributed by atoms with E-state index in [0.717, 1.165) is 28.8 Å². The predicted octanol–water partition coefficient (Wildman–Crippen LogP) is 3.69. The third-order valence-corrected chi connectivity index (χ3v) is 8.13. The molecule has 1 aliphatic rings. The topological polar surface area (TPSA) is 64.8 Å². The van der Waals surface area contributed by atoms with Gasteiger partial charge in [0.2, 0.25) is 0 Å². The summed E-state index contributed by atoms with van der Waals surface area (Å²) in [6.45, 7) is 2.15. The summed E-state index contributed by atoms with van der Waals surface area (Å²) < 4.78 is 25.3. The standard InChI is InChI=1S/C17H22ClN3O2S2/c1-3-15(13-4-6-14(18)7-5-13)24-17-20-19-16(21(17)2)10-12-8-9-25(22,23)11-12/h4-7,12,15H,3,8-11H2,1-2H3. The number of aromatic nitrogens is 3. The Balaban J connectivity index is 1.71. The van der Waals surface area contributed by atoms with Gasteiger partial charge in [0.25, 0.3) is 0 Å². The predicted molar refractivity (Wildman–Crippen MR) is 102 cm³/mol. The van der Waals surface area contributed by atoms with Crippen molar-refractivity contribution >= 4 is 33.2 Å². The number of hydrogen-bond donors (Lipinski definition) is 0. The van der Waals surface area contributed by atoms with Crippen LogP contribution >= 0.6 is 23.4 Å². The first-order valence-electron chi connectivity index (χ1n) is 8.38. The van der Waals surface area contributed by atoms with Crippen LogP contribution in [0, 0.1) is 5.92 Å². The minimum absolute atomic E-state index is 0.156. The molecule has 0 saturated carbocycles. The van der Waals surface area contributed by atoms with Gasteiger partial charge >= 0.3 is 0 Å². The van der Waals surface area contributed by atoms with Gasteiger partial charge in [0.15, 0.2) is 15.0 Å². The molecule has 1 aromatic carbocycles. The fourth-order valence-electron chi connectivity index (χ4n) is 3.11. The van der Waals surface area contributed by atoms with Crippen molar-refractivity contribution in [2.75, 3.05) is 11.5 Å². The third kappa shape index (κ3) is 4.57. The van der Waals surface area contributed by atoms with E-state index in [4.69, 9.17) is 11.6 Å². The molecule has 0 radical (unpaired) electrons. The van der Waals surface area contributed by atoms with Gasteiger partial charge in [-0.25, -0.2) is 8.42 Å². The molecule has 1 aliphatic heterocycles. The van der Waals surface area contributed by atoms with E-state index >= 15 is 0 Å². The van der Waals surface area contributed by atoms with Crippen molar-refractivity contribution in [3.05, 3.63) is 40.7 Å². The van der Waals surface area contributed by atoms with E-state index in [2.05, 4.69) is 17.1 Å². The Labute approximate surface area is 158 Å². The van der Waals surface area contributed by atoms with Gasteiger partial charge in [-0.2, -0.15) is 0 Å². The van der Waals surface area contributed by atoms with Gasteiger partial charge in [0.05, 0.1) is 11.5 Å². The average Bonchev–Trinajstić information content (AvgIpc) is 3.09. The van der Waals surface area contributed by atoms with E-state index in [1.165, 1.54) is 5.56 Å². The first-order valence-corrected chi connectivity index (χ1v) is 11.5. The first kappa shape index (κ1) is 18.7. The Kier molecular flexibility index (Phi) is 5.75. The molecule has 136 valence electrons. The zero-order chi connectivity index (χ0) is 18.0. The summed E-state index contributed by atoms with van der Waals surface area (Å²) in [5, 5.41) is 10.5. The minimum atomic E-state index is -2.86. The molecule has 1 aromatic heterocycles. The molecule has 2 unspecified atom stereocenters. The monoisotopic (exact) mass is 399 g/mol. The van der Waals surface area contributed by atoms with Gasteiger partial charge in [-0.05, 0) is 36.5 Å². The van der Waals surface area contributed by atoms with Gasteiger partial charge < -0.3 is 4.57 Å². The molecule has 0 amide bonds. The van der Waals surface area contributed by atoms with Gasteiger partial charge in [0.1, 0.15) is 5.82 Å². The fraction of sp³-hybridized carbons (Fsp3) is 0.529. The highest BCUT2D eigenvalue weighted by Gasteiger charge is 2.29. The number of benzene rings is 1. The van der Waals surface area contributed by atoms with Crippen LogP contribution in [0.1, 0.15) is 36.4 Å². The lowest BCUT2D eigenvalue weighted by molar-refractivity contribution is 0.552. The summed E-state index contributed by atoms with van der Waals surface area (Å²) in [5.41, 5.74) is 1.21. The van der Waals surface area contributed by atoms with Crippen LogP contribution in [0.15, 0.2) is 29.4 Å². The summed E-state index contributed by atoms with van der Waals surface area (Å²) in [5.74, 6) is 1.58. The van der Waals surface area contributed by atoms with Gasteiger partial charge in [-0.3, -0.25) is 0 Å². The normalized spacial score (nSPS) is 20.7. The van der Waals surface area contributed by atoms with Crippen molar-refractivity contribution in [1.82, 2.24) is 14.8 Å². The van der Waals surface area contributed by atoms with E-state index in [0.29, 0.717) is 12.2 Å². The zero-order valence-electron chi connectivity index (χ0n) is 14.4. The molecule has 0 N–H and O–H groups in total. The molecule has 2 aromatic rings. The van der Waals surface area contributed by atoms with E-state index in [1.54, 1.807) is 11.8 Å². The number of nitrogens with zero attached hydrogens (tertiary/aromatic N) is 3. The number of rotatable bonds is 6. The maximum atomic E-state index is 11.6. The van der Waals surface area contributed by atoms with Crippen LogP contribution in [-0.2, 0) is 23.3 Å². The molecule has 25 heavy (non-hydrogen) atoms. The summed E-state index contributed by atoms with van der Waals surface area (Å²) in [6.07, 6.45) is 2.36. The van der Waals surface area contributed by atoms with Crippen molar-refractivity contribution in [3.63, 3.8) is 0 Å². The quantitative estimate of drug-likeness (QED) is 0.693. The molecule has 1 saturated heterocycles. The van der Waals surface area contributed by atoms with E-state index in [-0.39, 0.29) is 16.9 Å². The molecule has 2 atom stereocenters. The van der Waals surface area contributed by atoms with Gasteiger partial charge in [-0.1, -0.05) is 42.4 Å². The maximum absolute atomic E-state index is 11.6. The lowest BCUT2D eigenvalue weighted by Crippen LogP contribution is -2.11. The molecule has 2 heterocycles. The molecule has 1 fully saturated rings. The number of thioether (sulfide) groups is 1. The third-order valence-electron chi connectivity index (χ3n) is 4.58. The lowest BCUT2D eigenvalue weighted by atomic mass is 10.1. The largest absolute Gasteiger partial charge is 0.309 e. The summed E-state index contributed by atoms with van der Waals surface area (Å²) in [7, 11) is -0.904. The van der Waals surface area contributed by atoms with E-state index < -0.39 is 9.84 Å². The van der Waals surface area contributed by atoms with Crippen LogP contribution in [0.5, 0.6) is 0 Å². The highest BCUT2D eigenvalue weighted by Crippen LogP contribution is 2.37. The number of halogens is 1.